The van der Waals surface area contributed by atoms with E-state index in [4.69, 9.17) is 4.99 Å². The minimum Gasteiger partial charge on any atom is -0.369 e. The number of amides is 1. The van der Waals surface area contributed by atoms with Crippen molar-refractivity contribution in [2.24, 2.45) is 4.99 Å². The zero-order chi connectivity index (χ0) is 13.1. The van der Waals surface area contributed by atoms with E-state index in [-0.39, 0.29) is 0 Å². The summed E-state index contributed by atoms with van der Waals surface area (Å²) in [6.07, 6.45) is 6.52. The summed E-state index contributed by atoms with van der Waals surface area (Å²) in [6.45, 7) is 1.85. The number of amidine groups is 1. The Kier molecular flexibility index (Phi) is 4.31. The van der Waals surface area contributed by atoms with Gasteiger partial charge in [-0.15, -0.1) is 0 Å². The molecular formula is C14H23N3OS. The number of rotatable bonds is 3. The summed E-state index contributed by atoms with van der Waals surface area (Å²) in [7, 11) is 0. The van der Waals surface area contributed by atoms with Crippen LogP contribution in [-0.2, 0) is 4.79 Å². The maximum atomic E-state index is 12.1. The topological polar surface area (TPSA) is 44.7 Å². The van der Waals surface area contributed by atoms with Gasteiger partial charge in [-0.1, -0.05) is 12.8 Å². The van der Waals surface area contributed by atoms with Crippen molar-refractivity contribution in [3.63, 3.8) is 0 Å². The molecule has 1 saturated heterocycles. The van der Waals surface area contributed by atoms with Gasteiger partial charge in [-0.05, 0) is 12.8 Å². The zero-order valence-electron chi connectivity index (χ0n) is 11.4. The molecule has 0 spiro atoms. The molecule has 2 aliphatic heterocycles. The molecule has 3 aliphatic rings. The Morgan fingerprint density at radius 2 is 2.11 bits per heavy atom. The van der Waals surface area contributed by atoms with Gasteiger partial charge in [0, 0.05) is 43.5 Å². The first kappa shape index (κ1) is 13.3. The highest BCUT2D eigenvalue weighted by Gasteiger charge is 2.30. The van der Waals surface area contributed by atoms with Gasteiger partial charge in [0.25, 0.3) is 0 Å². The standard InChI is InChI=1S/C14H23N3OS/c18-14(17-7-9-19-10-8-17)6-5-13-15-11-3-1-2-4-12(11)16-13/h11-12H,1-10H2,(H,15,16)/t11-,12+. The van der Waals surface area contributed by atoms with Gasteiger partial charge in [0.15, 0.2) is 0 Å². The Labute approximate surface area is 119 Å². The van der Waals surface area contributed by atoms with E-state index in [1.54, 1.807) is 0 Å². The minimum absolute atomic E-state index is 0.305. The summed E-state index contributed by atoms with van der Waals surface area (Å²) >= 11 is 1.94. The van der Waals surface area contributed by atoms with Crippen LogP contribution in [0.25, 0.3) is 0 Å². The van der Waals surface area contributed by atoms with Gasteiger partial charge in [-0.3, -0.25) is 9.79 Å². The van der Waals surface area contributed by atoms with E-state index in [1.807, 2.05) is 16.7 Å². The number of carbonyl (C=O) groups is 1. The maximum Gasteiger partial charge on any atom is 0.223 e. The highest BCUT2D eigenvalue weighted by molar-refractivity contribution is 7.99. The molecule has 2 fully saturated rings. The fourth-order valence-electron chi connectivity index (χ4n) is 3.22. The van der Waals surface area contributed by atoms with E-state index < -0.39 is 0 Å². The molecule has 1 N–H and O–H groups in total. The first-order chi connectivity index (χ1) is 9.33. The van der Waals surface area contributed by atoms with Crippen LogP contribution in [0.5, 0.6) is 0 Å². The predicted molar refractivity (Wildman–Crippen MR) is 79.8 cm³/mol. The Bertz CT molecular complexity index is 366. The Balaban J connectivity index is 1.45. The lowest BCUT2D eigenvalue weighted by atomic mass is 9.92. The van der Waals surface area contributed by atoms with Crippen molar-refractivity contribution < 1.29 is 4.79 Å². The molecule has 0 bridgehead atoms. The summed E-state index contributed by atoms with van der Waals surface area (Å²) in [5.74, 6) is 3.57. The molecule has 3 rings (SSSR count). The fourth-order valence-corrected chi connectivity index (χ4v) is 4.12. The number of hydrogen-bond acceptors (Lipinski definition) is 4. The van der Waals surface area contributed by atoms with Gasteiger partial charge >= 0.3 is 0 Å². The van der Waals surface area contributed by atoms with Gasteiger partial charge < -0.3 is 10.2 Å². The monoisotopic (exact) mass is 281 g/mol. The number of nitrogens with one attached hydrogen (secondary N) is 1. The quantitative estimate of drug-likeness (QED) is 0.855. The van der Waals surface area contributed by atoms with Crippen LogP contribution in [-0.4, -0.2) is 53.3 Å². The second kappa shape index (κ2) is 6.16. The molecular weight excluding hydrogens is 258 g/mol. The maximum absolute atomic E-state index is 12.1. The van der Waals surface area contributed by atoms with Gasteiger partial charge in [0.2, 0.25) is 5.91 Å². The number of hydrogen-bond donors (Lipinski definition) is 1. The smallest absolute Gasteiger partial charge is 0.223 e. The van der Waals surface area contributed by atoms with E-state index in [9.17, 15) is 4.79 Å². The molecule has 0 aromatic carbocycles. The first-order valence-electron chi connectivity index (χ1n) is 7.51. The van der Waals surface area contributed by atoms with E-state index in [2.05, 4.69) is 5.32 Å². The summed E-state index contributed by atoms with van der Waals surface area (Å²) in [5.41, 5.74) is 0. The van der Waals surface area contributed by atoms with Crippen molar-refractivity contribution >= 4 is 23.5 Å². The van der Waals surface area contributed by atoms with Crippen LogP contribution in [0.3, 0.4) is 0 Å². The fraction of sp³-hybridized carbons (Fsp3) is 0.857. The molecule has 1 aliphatic carbocycles. The summed E-state index contributed by atoms with van der Waals surface area (Å²) in [4.78, 5) is 18.9. The van der Waals surface area contributed by atoms with E-state index >= 15 is 0 Å². The molecule has 0 radical (unpaired) electrons. The highest BCUT2D eigenvalue weighted by Crippen LogP contribution is 2.25. The number of aliphatic imine (C=N–C) groups is 1. The third-order valence-electron chi connectivity index (χ3n) is 4.34. The molecule has 106 valence electrons. The average molecular weight is 281 g/mol. The van der Waals surface area contributed by atoms with E-state index in [1.165, 1.54) is 25.7 Å². The van der Waals surface area contributed by atoms with Crippen LogP contribution in [0, 0.1) is 0 Å². The van der Waals surface area contributed by atoms with Crippen LogP contribution in [0.15, 0.2) is 4.99 Å². The van der Waals surface area contributed by atoms with Crippen LogP contribution < -0.4 is 5.32 Å². The van der Waals surface area contributed by atoms with Crippen molar-refractivity contribution in [2.45, 2.75) is 50.6 Å². The predicted octanol–water partition coefficient (Wildman–Crippen LogP) is 1.65. The first-order valence-corrected chi connectivity index (χ1v) is 8.67. The molecule has 2 heterocycles. The van der Waals surface area contributed by atoms with Crippen molar-refractivity contribution in [1.82, 2.24) is 10.2 Å². The average Bonchev–Trinajstić information content (AvgIpc) is 2.88. The van der Waals surface area contributed by atoms with Crippen LogP contribution in [0.4, 0.5) is 0 Å². The number of fused-ring (bicyclic) bond motifs is 1. The summed E-state index contributed by atoms with van der Waals surface area (Å²) in [6, 6.07) is 1.05. The third kappa shape index (κ3) is 3.25. The van der Waals surface area contributed by atoms with Gasteiger partial charge in [0.05, 0.1) is 11.9 Å². The molecule has 0 aromatic heterocycles. The Morgan fingerprint density at radius 1 is 1.32 bits per heavy atom. The second-order valence-corrected chi connectivity index (χ2v) is 6.90. The highest BCUT2D eigenvalue weighted by atomic mass is 32.2. The largest absolute Gasteiger partial charge is 0.369 e. The molecule has 1 saturated carbocycles. The van der Waals surface area contributed by atoms with E-state index in [0.717, 1.165) is 36.9 Å². The number of carbonyl (C=O) groups excluding carboxylic acids is 1. The van der Waals surface area contributed by atoms with Gasteiger partial charge in [0.1, 0.15) is 0 Å². The zero-order valence-corrected chi connectivity index (χ0v) is 12.3. The van der Waals surface area contributed by atoms with Crippen LogP contribution in [0.2, 0.25) is 0 Å². The number of nitrogens with zero attached hydrogens (tertiary/aromatic N) is 2. The lowest BCUT2D eigenvalue weighted by molar-refractivity contribution is -0.130. The van der Waals surface area contributed by atoms with Crippen molar-refractivity contribution in [2.75, 3.05) is 24.6 Å². The molecule has 0 unspecified atom stereocenters. The third-order valence-corrected chi connectivity index (χ3v) is 5.29. The lowest BCUT2D eigenvalue weighted by Gasteiger charge is -2.26. The summed E-state index contributed by atoms with van der Waals surface area (Å²) in [5, 5.41) is 3.53. The molecule has 5 heteroatoms. The van der Waals surface area contributed by atoms with Gasteiger partial charge in [-0.25, -0.2) is 0 Å². The van der Waals surface area contributed by atoms with Crippen molar-refractivity contribution in [3.05, 3.63) is 0 Å². The van der Waals surface area contributed by atoms with Crippen molar-refractivity contribution in [3.8, 4) is 0 Å². The normalized spacial score (nSPS) is 30.5. The summed E-state index contributed by atoms with van der Waals surface area (Å²) < 4.78 is 0. The van der Waals surface area contributed by atoms with Crippen LogP contribution in [0.1, 0.15) is 38.5 Å². The minimum atomic E-state index is 0.305. The lowest BCUT2D eigenvalue weighted by Crippen LogP contribution is -2.39. The molecule has 1 amide bonds. The van der Waals surface area contributed by atoms with Gasteiger partial charge in [-0.2, -0.15) is 11.8 Å². The van der Waals surface area contributed by atoms with Crippen LogP contribution >= 0.6 is 11.8 Å². The second-order valence-electron chi connectivity index (χ2n) is 5.67. The van der Waals surface area contributed by atoms with Crippen molar-refractivity contribution in [1.29, 1.82) is 0 Å². The molecule has 2 atom stereocenters. The Morgan fingerprint density at radius 3 is 2.89 bits per heavy atom. The molecule has 0 aromatic rings. The van der Waals surface area contributed by atoms with E-state index in [0.29, 0.717) is 24.4 Å². The Hall–Kier alpha value is -0.710. The molecule has 19 heavy (non-hydrogen) atoms. The molecule has 4 nitrogen and oxygen atoms in total. The SMILES string of the molecule is O=C(CCC1=N[C@@H]2CCCC[C@@H]2N1)N1CCSCC1. The number of thioether (sulfide) groups is 1.